The van der Waals surface area contributed by atoms with Crippen molar-refractivity contribution in [3.63, 3.8) is 0 Å². The van der Waals surface area contributed by atoms with E-state index >= 15 is 0 Å². The number of halogens is 3. The highest BCUT2D eigenvalue weighted by Gasteiger charge is 2.44. The van der Waals surface area contributed by atoms with Crippen LogP contribution in [0.15, 0.2) is 31.0 Å². The molecule has 1 heterocycles. The van der Waals surface area contributed by atoms with Gasteiger partial charge >= 0.3 is 15.6 Å². The molecule has 16 heavy (non-hydrogen) atoms. The van der Waals surface area contributed by atoms with E-state index in [-0.39, 0.29) is 0 Å². The van der Waals surface area contributed by atoms with E-state index in [1.165, 1.54) is 0 Å². The van der Waals surface area contributed by atoms with Crippen LogP contribution in [0.1, 0.15) is 5.69 Å². The summed E-state index contributed by atoms with van der Waals surface area (Å²) < 4.78 is 57.5. The molecule has 0 aliphatic rings. The van der Waals surface area contributed by atoms with E-state index < -0.39 is 15.6 Å². The molecule has 0 aromatic carbocycles. The first kappa shape index (κ1) is 14.6. The fourth-order valence-corrected chi connectivity index (χ4v) is 0.497. The number of aromatic nitrogens is 1. The molecule has 0 fully saturated rings. The van der Waals surface area contributed by atoms with Crippen LogP contribution >= 0.6 is 0 Å². The number of nitrogens with zero attached hydrogens (tertiary/aromatic N) is 1. The second-order valence-corrected chi connectivity index (χ2v) is 3.79. The van der Waals surface area contributed by atoms with E-state index in [1.807, 2.05) is 18.2 Å². The molecular formula is C8H8F3NO3S. The monoisotopic (exact) mass is 255 g/mol. The van der Waals surface area contributed by atoms with E-state index in [4.69, 9.17) is 13.0 Å². The van der Waals surface area contributed by atoms with Crippen LogP contribution in [0.3, 0.4) is 0 Å². The summed E-state index contributed by atoms with van der Waals surface area (Å²) in [6.07, 6.45) is 3.47. The summed E-state index contributed by atoms with van der Waals surface area (Å²) in [7, 11) is -5.84. The molecule has 8 heteroatoms. The van der Waals surface area contributed by atoms with Gasteiger partial charge in [0, 0.05) is 6.20 Å². The van der Waals surface area contributed by atoms with Crippen LogP contribution in [-0.2, 0) is 10.1 Å². The Labute approximate surface area is 90.2 Å². The van der Waals surface area contributed by atoms with Crippen molar-refractivity contribution in [3.8, 4) is 0 Å². The lowest BCUT2D eigenvalue weighted by atomic mass is 10.4. The molecule has 1 rings (SSSR count). The van der Waals surface area contributed by atoms with Crippen molar-refractivity contribution in [1.82, 2.24) is 4.98 Å². The van der Waals surface area contributed by atoms with Crippen molar-refractivity contribution in [1.29, 1.82) is 0 Å². The molecular weight excluding hydrogens is 247 g/mol. The lowest BCUT2D eigenvalue weighted by molar-refractivity contribution is -0.0510. The van der Waals surface area contributed by atoms with Gasteiger partial charge < -0.3 is 0 Å². The van der Waals surface area contributed by atoms with Gasteiger partial charge in [0.15, 0.2) is 0 Å². The summed E-state index contributed by atoms with van der Waals surface area (Å²) in [5.74, 6) is 0. The molecule has 0 spiro atoms. The molecule has 0 atom stereocenters. The summed E-state index contributed by atoms with van der Waals surface area (Å²) in [5, 5.41) is 0. The molecule has 4 nitrogen and oxygen atoms in total. The largest absolute Gasteiger partial charge is 0.522 e. The average Bonchev–Trinajstić information content (AvgIpc) is 2.17. The highest BCUT2D eigenvalue weighted by Crippen LogP contribution is 2.20. The number of rotatable bonds is 1. The smallest absolute Gasteiger partial charge is 0.279 e. The normalized spacial score (nSPS) is 11.2. The number of alkyl halides is 3. The van der Waals surface area contributed by atoms with Crippen LogP contribution in [0.4, 0.5) is 13.2 Å². The van der Waals surface area contributed by atoms with Crippen LogP contribution in [0.5, 0.6) is 0 Å². The Kier molecular flexibility index (Phi) is 5.12. The maximum atomic E-state index is 10.7. The summed E-state index contributed by atoms with van der Waals surface area (Å²) in [6.45, 7) is 3.57. The summed E-state index contributed by atoms with van der Waals surface area (Å²) >= 11 is 0. The molecule has 0 saturated heterocycles. The highest BCUT2D eigenvalue weighted by atomic mass is 32.2. The Hall–Kier alpha value is -1.41. The number of hydrogen-bond acceptors (Lipinski definition) is 3. The molecule has 0 bridgehead atoms. The van der Waals surface area contributed by atoms with Crippen LogP contribution in [-0.4, -0.2) is 23.5 Å². The Morgan fingerprint density at radius 1 is 1.38 bits per heavy atom. The van der Waals surface area contributed by atoms with Gasteiger partial charge in [0.2, 0.25) is 0 Å². The van der Waals surface area contributed by atoms with E-state index in [2.05, 4.69) is 11.6 Å². The maximum absolute atomic E-state index is 10.7. The van der Waals surface area contributed by atoms with Gasteiger partial charge in [-0.1, -0.05) is 12.6 Å². The predicted octanol–water partition coefficient (Wildman–Crippen LogP) is 2.12. The lowest BCUT2D eigenvalue weighted by Gasteiger charge is -1.97. The second-order valence-electron chi connectivity index (χ2n) is 2.38. The maximum Gasteiger partial charge on any atom is 0.522 e. The van der Waals surface area contributed by atoms with E-state index in [1.54, 1.807) is 12.3 Å². The fraction of sp³-hybridized carbons (Fsp3) is 0.125. The molecule has 1 N–H and O–H groups in total. The van der Waals surface area contributed by atoms with Gasteiger partial charge in [-0.25, -0.2) is 0 Å². The van der Waals surface area contributed by atoms with E-state index in [9.17, 15) is 13.2 Å². The summed E-state index contributed by atoms with van der Waals surface area (Å²) in [4.78, 5) is 3.98. The Bertz CT molecular complexity index is 428. The number of hydrogen-bond donors (Lipinski definition) is 1. The third-order valence-electron chi connectivity index (χ3n) is 1.19. The highest BCUT2D eigenvalue weighted by molar-refractivity contribution is 7.86. The molecule has 1 aromatic rings. The van der Waals surface area contributed by atoms with Crippen LogP contribution < -0.4 is 0 Å². The molecule has 0 unspecified atom stereocenters. The third-order valence-corrected chi connectivity index (χ3v) is 1.77. The first-order valence-corrected chi connectivity index (χ1v) is 5.19. The van der Waals surface area contributed by atoms with Crippen molar-refractivity contribution < 1.29 is 26.1 Å². The first-order valence-electron chi connectivity index (χ1n) is 3.75. The van der Waals surface area contributed by atoms with Gasteiger partial charge in [0.05, 0.1) is 5.69 Å². The summed E-state index contributed by atoms with van der Waals surface area (Å²) in [5.41, 5.74) is -4.61. The first-order chi connectivity index (χ1) is 7.18. The molecule has 0 aliphatic carbocycles. The zero-order valence-electron chi connectivity index (χ0n) is 7.85. The standard InChI is InChI=1S/C7H7N.CHF3O3S/c1-2-7-5-3-4-6-8-7;2-1(3,4)8(5,6)7/h2-6H,1H2;(H,5,6,7). The fourth-order valence-electron chi connectivity index (χ4n) is 0.497. The van der Waals surface area contributed by atoms with Crippen molar-refractivity contribution in [2.45, 2.75) is 5.51 Å². The second kappa shape index (κ2) is 5.61. The minimum absolute atomic E-state index is 0.924. The SMILES string of the molecule is C=Cc1ccccn1.O=S(=O)(O)C(F)(F)F. The Morgan fingerprint density at radius 3 is 2.06 bits per heavy atom. The topological polar surface area (TPSA) is 67.3 Å². The summed E-state index contributed by atoms with van der Waals surface area (Å²) in [6, 6.07) is 5.73. The Balaban J connectivity index is 0.000000281. The molecule has 0 saturated carbocycles. The molecule has 90 valence electrons. The van der Waals surface area contributed by atoms with Gasteiger partial charge in [-0.15, -0.1) is 0 Å². The Morgan fingerprint density at radius 2 is 1.88 bits per heavy atom. The minimum atomic E-state index is -5.84. The zero-order chi connectivity index (χ0) is 12.8. The molecule has 0 radical (unpaired) electrons. The number of pyridine rings is 1. The molecule has 0 amide bonds. The molecule has 1 aromatic heterocycles. The van der Waals surface area contributed by atoms with Crippen molar-refractivity contribution in [2.75, 3.05) is 0 Å². The van der Waals surface area contributed by atoms with Crippen LogP contribution in [0.2, 0.25) is 0 Å². The third kappa shape index (κ3) is 5.47. The molecule has 0 aliphatic heterocycles. The predicted molar refractivity (Wildman–Crippen MR) is 51.9 cm³/mol. The van der Waals surface area contributed by atoms with Crippen LogP contribution in [0, 0.1) is 0 Å². The van der Waals surface area contributed by atoms with Gasteiger partial charge in [0.1, 0.15) is 0 Å². The van der Waals surface area contributed by atoms with Crippen molar-refractivity contribution in [3.05, 3.63) is 36.7 Å². The average molecular weight is 255 g/mol. The van der Waals surface area contributed by atoms with E-state index in [0.29, 0.717) is 0 Å². The van der Waals surface area contributed by atoms with Gasteiger partial charge in [-0.05, 0) is 18.2 Å². The minimum Gasteiger partial charge on any atom is -0.279 e. The van der Waals surface area contributed by atoms with Gasteiger partial charge in [-0.2, -0.15) is 21.6 Å². The van der Waals surface area contributed by atoms with Gasteiger partial charge in [0.25, 0.3) is 0 Å². The van der Waals surface area contributed by atoms with Crippen molar-refractivity contribution in [2.24, 2.45) is 0 Å². The lowest BCUT2D eigenvalue weighted by Crippen LogP contribution is -2.21. The zero-order valence-corrected chi connectivity index (χ0v) is 8.66. The van der Waals surface area contributed by atoms with Crippen LogP contribution in [0.25, 0.3) is 6.08 Å². The van der Waals surface area contributed by atoms with Crippen molar-refractivity contribution >= 4 is 16.2 Å². The van der Waals surface area contributed by atoms with Gasteiger partial charge in [-0.3, -0.25) is 9.54 Å². The van der Waals surface area contributed by atoms with E-state index in [0.717, 1.165) is 5.69 Å². The quantitative estimate of drug-likeness (QED) is 0.616.